The summed E-state index contributed by atoms with van der Waals surface area (Å²) < 4.78 is 0. The molecule has 0 amide bonds. The molecule has 0 aliphatic rings. The van der Waals surface area contributed by atoms with Crippen molar-refractivity contribution in [2.45, 2.75) is 19.8 Å². The highest BCUT2D eigenvalue weighted by Gasteiger charge is 2.17. The van der Waals surface area contributed by atoms with Gasteiger partial charge < -0.3 is 5.73 Å². The molecule has 0 spiro atoms. The van der Waals surface area contributed by atoms with Gasteiger partial charge in [0.2, 0.25) is 0 Å². The molecule has 0 saturated heterocycles. The Morgan fingerprint density at radius 1 is 1.41 bits per heavy atom. The van der Waals surface area contributed by atoms with Crippen LogP contribution in [0.25, 0.3) is 0 Å². The largest absolute Gasteiger partial charge is 0.329 e. The molecule has 0 saturated carbocycles. The molecule has 2 N–H and O–H groups in total. The molecule has 4 heteroatoms. The summed E-state index contributed by atoms with van der Waals surface area (Å²) in [5.41, 5.74) is 8.09. The highest BCUT2D eigenvalue weighted by atomic mass is 35.5. The Balaban J connectivity index is 2.39. The lowest BCUT2D eigenvalue weighted by Gasteiger charge is -2.12. The molecule has 1 unspecified atom stereocenters. The van der Waals surface area contributed by atoms with Crippen molar-refractivity contribution in [3.05, 3.63) is 50.4 Å². The molecule has 0 radical (unpaired) electrons. The zero-order valence-corrected chi connectivity index (χ0v) is 11.5. The molecule has 90 valence electrons. The van der Waals surface area contributed by atoms with Crippen LogP contribution in [0.15, 0.2) is 24.3 Å². The van der Waals surface area contributed by atoms with E-state index >= 15 is 0 Å². The zero-order chi connectivity index (χ0) is 12.4. The van der Waals surface area contributed by atoms with Gasteiger partial charge in [0, 0.05) is 22.4 Å². The fourth-order valence-corrected chi connectivity index (χ4v) is 3.01. The van der Waals surface area contributed by atoms with Crippen LogP contribution in [0.4, 0.5) is 0 Å². The number of hydrogen-bond acceptors (Lipinski definition) is 3. The molecular formula is C13H15ClN2S. The first-order valence-corrected chi connectivity index (χ1v) is 6.70. The Kier molecular flexibility index (Phi) is 3.82. The van der Waals surface area contributed by atoms with Crippen LogP contribution in [0.2, 0.25) is 5.02 Å². The first-order valence-electron chi connectivity index (χ1n) is 5.51. The number of nitrogens with zero attached hydrogens (tertiary/aromatic N) is 1. The third-order valence-corrected chi connectivity index (χ3v) is 4.25. The lowest BCUT2D eigenvalue weighted by Crippen LogP contribution is -2.13. The molecule has 1 heterocycles. The highest BCUT2D eigenvalue weighted by molar-refractivity contribution is 7.11. The number of aromatic nitrogens is 1. The second-order valence-corrected chi connectivity index (χ2v) is 5.71. The highest BCUT2D eigenvalue weighted by Crippen LogP contribution is 2.30. The van der Waals surface area contributed by atoms with Crippen LogP contribution in [-0.2, 0) is 0 Å². The van der Waals surface area contributed by atoms with Gasteiger partial charge in [-0.15, -0.1) is 11.3 Å². The number of halogens is 1. The summed E-state index contributed by atoms with van der Waals surface area (Å²) in [4.78, 5) is 5.83. The lowest BCUT2D eigenvalue weighted by molar-refractivity contribution is 0.806. The number of thiazole rings is 1. The van der Waals surface area contributed by atoms with Crippen LogP contribution in [-0.4, -0.2) is 11.5 Å². The second kappa shape index (κ2) is 5.17. The first-order chi connectivity index (χ1) is 8.11. The molecule has 0 fully saturated rings. The Morgan fingerprint density at radius 3 is 2.71 bits per heavy atom. The molecular weight excluding hydrogens is 252 g/mol. The van der Waals surface area contributed by atoms with Crippen molar-refractivity contribution in [2.75, 3.05) is 6.54 Å². The van der Waals surface area contributed by atoms with Crippen molar-refractivity contribution in [3.63, 3.8) is 0 Å². The van der Waals surface area contributed by atoms with Gasteiger partial charge in [-0.25, -0.2) is 4.98 Å². The minimum Gasteiger partial charge on any atom is -0.329 e. The van der Waals surface area contributed by atoms with Gasteiger partial charge >= 0.3 is 0 Å². The predicted molar refractivity (Wildman–Crippen MR) is 73.9 cm³/mol. The average Bonchev–Trinajstić information content (AvgIpc) is 2.60. The number of aryl methyl sites for hydroxylation is 2. The maximum absolute atomic E-state index is 6.01. The minimum absolute atomic E-state index is 0.145. The zero-order valence-electron chi connectivity index (χ0n) is 9.90. The van der Waals surface area contributed by atoms with E-state index in [1.807, 2.05) is 25.1 Å². The molecule has 2 nitrogen and oxygen atoms in total. The monoisotopic (exact) mass is 266 g/mol. The molecule has 0 aliphatic heterocycles. The molecule has 2 rings (SSSR count). The van der Waals surface area contributed by atoms with Gasteiger partial charge in [-0.3, -0.25) is 0 Å². The normalized spacial score (nSPS) is 12.7. The van der Waals surface area contributed by atoms with E-state index in [1.54, 1.807) is 11.3 Å². The Morgan fingerprint density at radius 2 is 2.18 bits per heavy atom. The first kappa shape index (κ1) is 12.6. The Hall–Kier alpha value is -0.900. The summed E-state index contributed by atoms with van der Waals surface area (Å²) in [6.45, 7) is 4.66. The molecule has 0 bridgehead atoms. The SMILES string of the molecule is Cc1nc(C(CN)c2cccc(Cl)c2)sc1C. The van der Waals surface area contributed by atoms with Crippen molar-refractivity contribution in [1.29, 1.82) is 0 Å². The van der Waals surface area contributed by atoms with E-state index in [1.165, 1.54) is 4.88 Å². The third-order valence-electron chi connectivity index (χ3n) is 2.83. The van der Waals surface area contributed by atoms with Crippen LogP contribution < -0.4 is 5.73 Å². The summed E-state index contributed by atoms with van der Waals surface area (Å²) in [6.07, 6.45) is 0. The van der Waals surface area contributed by atoms with Gasteiger partial charge in [0.1, 0.15) is 5.01 Å². The summed E-state index contributed by atoms with van der Waals surface area (Å²) in [6, 6.07) is 7.84. The van der Waals surface area contributed by atoms with Crippen molar-refractivity contribution in [1.82, 2.24) is 4.98 Å². The fourth-order valence-electron chi connectivity index (χ4n) is 1.75. The van der Waals surface area contributed by atoms with Crippen LogP contribution in [0.3, 0.4) is 0 Å². The van der Waals surface area contributed by atoms with Gasteiger partial charge in [-0.1, -0.05) is 23.7 Å². The topological polar surface area (TPSA) is 38.9 Å². The summed E-state index contributed by atoms with van der Waals surface area (Å²) >= 11 is 7.73. The standard InChI is InChI=1S/C13H15ClN2S/c1-8-9(2)17-13(16-8)12(7-15)10-4-3-5-11(14)6-10/h3-6,12H,7,15H2,1-2H3. The average molecular weight is 267 g/mol. The van der Waals surface area contributed by atoms with Crippen molar-refractivity contribution in [2.24, 2.45) is 5.73 Å². The van der Waals surface area contributed by atoms with Gasteiger partial charge in [0.15, 0.2) is 0 Å². The van der Waals surface area contributed by atoms with E-state index in [0.29, 0.717) is 6.54 Å². The maximum atomic E-state index is 6.01. The van der Waals surface area contributed by atoms with E-state index in [9.17, 15) is 0 Å². The Bertz CT molecular complexity index is 502. The molecule has 1 atom stereocenters. The number of rotatable bonds is 3. The molecule has 2 aromatic rings. The van der Waals surface area contributed by atoms with E-state index < -0.39 is 0 Å². The van der Waals surface area contributed by atoms with Crippen LogP contribution >= 0.6 is 22.9 Å². The molecule has 0 aliphatic carbocycles. The number of hydrogen-bond donors (Lipinski definition) is 1. The number of nitrogens with two attached hydrogens (primary N) is 1. The van der Waals surface area contributed by atoms with Crippen LogP contribution in [0.1, 0.15) is 27.1 Å². The van der Waals surface area contributed by atoms with E-state index in [0.717, 1.165) is 21.3 Å². The van der Waals surface area contributed by atoms with E-state index in [-0.39, 0.29) is 5.92 Å². The van der Waals surface area contributed by atoms with Gasteiger partial charge in [-0.2, -0.15) is 0 Å². The van der Waals surface area contributed by atoms with Crippen LogP contribution in [0, 0.1) is 13.8 Å². The van der Waals surface area contributed by atoms with E-state index in [2.05, 4.69) is 18.0 Å². The van der Waals surface area contributed by atoms with Crippen molar-refractivity contribution in [3.8, 4) is 0 Å². The second-order valence-electron chi connectivity index (χ2n) is 4.04. The van der Waals surface area contributed by atoms with Gasteiger partial charge in [0.25, 0.3) is 0 Å². The summed E-state index contributed by atoms with van der Waals surface area (Å²) in [5, 5.41) is 1.82. The lowest BCUT2D eigenvalue weighted by atomic mass is 10.0. The van der Waals surface area contributed by atoms with Crippen LogP contribution in [0.5, 0.6) is 0 Å². The maximum Gasteiger partial charge on any atom is 0.102 e. The van der Waals surface area contributed by atoms with Gasteiger partial charge in [-0.05, 0) is 31.5 Å². The molecule has 1 aromatic carbocycles. The predicted octanol–water partition coefficient (Wildman–Crippen LogP) is 3.50. The van der Waals surface area contributed by atoms with E-state index in [4.69, 9.17) is 17.3 Å². The Labute approximate surface area is 110 Å². The van der Waals surface area contributed by atoms with Crippen molar-refractivity contribution < 1.29 is 0 Å². The molecule has 17 heavy (non-hydrogen) atoms. The smallest absolute Gasteiger partial charge is 0.102 e. The minimum atomic E-state index is 0.145. The fraction of sp³-hybridized carbons (Fsp3) is 0.308. The quantitative estimate of drug-likeness (QED) is 0.923. The van der Waals surface area contributed by atoms with Crippen molar-refractivity contribution >= 4 is 22.9 Å². The van der Waals surface area contributed by atoms with Gasteiger partial charge in [0.05, 0.1) is 5.69 Å². The third kappa shape index (κ3) is 2.68. The number of benzene rings is 1. The summed E-state index contributed by atoms with van der Waals surface area (Å²) in [5.74, 6) is 0.145. The summed E-state index contributed by atoms with van der Waals surface area (Å²) in [7, 11) is 0. The molecule has 1 aromatic heterocycles.